The van der Waals surface area contributed by atoms with E-state index in [9.17, 15) is 13.6 Å². The van der Waals surface area contributed by atoms with Gasteiger partial charge in [-0.05, 0) is 59.4 Å². The Hall–Kier alpha value is -4.22. The molecule has 0 amide bonds. The van der Waals surface area contributed by atoms with Crippen molar-refractivity contribution in [3.05, 3.63) is 96.1 Å². The van der Waals surface area contributed by atoms with Crippen molar-refractivity contribution in [1.82, 2.24) is 9.97 Å². The number of aromatic nitrogens is 2. The molecule has 0 aliphatic carbocycles. The molecule has 0 bridgehead atoms. The fraction of sp³-hybridized carbons (Fsp3) is 0.207. The molecule has 2 aromatic heterocycles. The van der Waals surface area contributed by atoms with Crippen LogP contribution in [0.4, 0.5) is 20.2 Å². The van der Waals surface area contributed by atoms with Gasteiger partial charge in [-0.3, -0.25) is 9.97 Å². The molecule has 0 aliphatic rings. The Bertz CT molecular complexity index is 1370. The molecule has 36 heavy (non-hydrogen) atoms. The fourth-order valence-electron chi connectivity index (χ4n) is 3.85. The Labute approximate surface area is 209 Å². The van der Waals surface area contributed by atoms with E-state index in [1.165, 1.54) is 24.3 Å². The molecular weight excluding hydrogens is 458 g/mol. The van der Waals surface area contributed by atoms with Gasteiger partial charge in [-0.25, -0.2) is 13.6 Å². The van der Waals surface area contributed by atoms with Gasteiger partial charge in [0.25, 0.3) is 0 Å². The van der Waals surface area contributed by atoms with Gasteiger partial charge >= 0.3 is 0 Å². The van der Waals surface area contributed by atoms with Gasteiger partial charge in [0, 0.05) is 52.7 Å². The first-order valence-corrected chi connectivity index (χ1v) is 11.5. The minimum absolute atomic E-state index is 0.0539. The highest BCUT2D eigenvalue weighted by molar-refractivity contribution is 5.80. The monoisotopic (exact) mass is 486 g/mol. The molecule has 7 heteroatoms. The first-order valence-electron chi connectivity index (χ1n) is 11.5. The summed E-state index contributed by atoms with van der Waals surface area (Å²) in [6.07, 6.45) is 8.16. The largest absolute Gasteiger partial charge is 0.398 e. The van der Waals surface area contributed by atoms with Crippen LogP contribution < -0.4 is 5.73 Å². The number of nitrogens with zero attached hydrogens (tertiary/aromatic N) is 3. The maximum atomic E-state index is 13.7. The van der Waals surface area contributed by atoms with Crippen LogP contribution in [-0.4, -0.2) is 16.0 Å². The van der Waals surface area contributed by atoms with Crippen LogP contribution in [0.15, 0.2) is 78.3 Å². The van der Waals surface area contributed by atoms with E-state index in [4.69, 9.17) is 5.73 Å². The van der Waals surface area contributed by atoms with E-state index in [1.54, 1.807) is 43.0 Å². The minimum Gasteiger partial charge on any atom is -0.398 e. The standard InChI is InChI=1S/C15H13FN2O.C14H15FN2/c1-10(2)13-6-12(16)7-14(15(13)18-9-19)11-4-3-5-17-8-11;1-9(2)12-6-11(15)7-13(14(12)16)10-4-3-5-17-8-10/h3-8,10H,1-2H3;3-9H,16H2,1-2H3. The van der Waals surface area contributed by atoms with E-state index < -0.39 is 0 Å². The molecule has 0 saturated heterocycles. The average molecular weight is 487 g/mol. The van der Waals surface area contributed by atoms with Crippen LogP contribution in [-0.2, 0) is 4.79 Å². The molecule has 2 heterocycles. The number of anilines is 1. The van der Waals surface area contributed by atoms with E-state index in [-0.39, 0.29) is 23.5 Å². The van der Waals surface area contributed by atoms with Crippen molar-refractivity contribution in [3.8, 4) is 22.3 Å². The fourth-order valence-corrected chi connectivity index (χ4v) is 3.85. The third-order valence-electron chi connectivity index (χ3n) is 5.63. The SMILES string of the molecule is CC(C)c1cc(F)cc(-c2cccnc2)c1N.CC(C)c1cc(F)cc(-c2cccnc2)c1N=C=O. The maximum Gasteiger partial charge on any atom is 0.240 e. The molecule has 184 valence electrons. The second-order valence-electron chi connectivity index (χ2n) is 8.84. The summed E-state index contributed by atoms with van der Waals surface area (Å²) < 4.78 is 27.3. The van der Waals surface area contributed by atoms with Gasteiger partial charge in [0.2, 0.25) is 6.08 Å². The van der Waals surface area contributed by atoms with Crippen molar-refractivity contribution in [3.63, 3.8) is 0 Å². The number of isocyanates is 1. The Morgan fingerprint density at radius 1 is 0.806 bits per heavy atom. The summed E-state index contributed by atoms with van der Waals surface area (Å²) in [5.41, 5.74) is 11.5. The third kappa shape index (κ3) is 6.26. The van der Waals surface area contributed by atoms with Crippen LogP contribution in [0.25, 0.3) is 22.3 Å². The molecule has 0 unspecified atom stereocenters. The van der Waals surface area contributed by atoms with Crippen LogP contribution in [0.5, 0.6) is 0 Å². The Balaban J connectivity index is 0.000000202. The Morgan fingerprint density at radius 2 is 1.31 bits per heavy atom. The molecule has 0 fully saturated rings. The van der Waals surface area contributed by atoms with Crippen LogP contribution in [0.3, 0.4) is 0 Å². The van der Waals surface area contributed by atoms with Gasteiger partial charge in [-0.1, -0.05) is 39.8 Å². The third-order valence-corrected chi connectivity index (χ3v) is 5.63. The number of aliphatic imine (C=N–C) groups is 1. The first-order chi connectivity index (χ1) is 17.2. The lowest BCUT2D eigenvalue weighted by atomic mass is 9.95. The Morgan fingerprint density at radius 3 is 1.78 bits per heavy atom. The lowest BCUT2D eigenvalue weighted by molar-refractivity contribution is 0.565. The number of hydrogen-bond donors (Lipinski definition) is 1. The van der Waals surface area contributed by atoms with Crippen molar-refractivity contribution < 1.29 is 13.6 Å². The number of pyridine rings is 2. The molecule has 5 nitrogen and oxygen atoms in total. The number of hydrogen-bond acceptors (Lipinski definition) is 5. The molecule has 4 rings (SSSR count). The number of halogens is 2. The number of nitrogen functional groups attached to an aromatic ring is 1. The van der Waals surface area contributed by atoms with Crippen LogP contribution in [0.1, 0.15) is 50.7 Å². The lowest BCUT2D eigenvalue weighted by Crippen LogP contribution is -2.00. The number of benzene rings is 2. The number of carbonyl (C=O) groups excluding carboxylic acids is 1. The minimum atomic E-state index is -0.354. The van der Waals surface area contributed by atoms with Crippen LogP contribution in [0, 0.1) is 11.6 Å². The summed E-state index contributed by atoms with van der Waals surface area (Å²) >= 11 is 0. The molecule has 4 aromatic rings. The summed E-state index contributed by atoms with van der Waals surface area (Å²) in [5.74, 6) is -0.367. The summed E-state index contributed by atoms with van der Waals surface area (Å²) in [7, 11) is 0. The topological polar surface area (TPSA) is 81.2 Å². The maximum absolute atomic E-state index is 13.7. The number of nitrogens with two attached hydrogens (primary N) is 1. The second kappa shape index (κ2) is 12.0. The zero-order valence-electron chi connectivity index (χ0n) is 20.7. The summed E-state index contributed by atoms with van der Waals surface area (Å²) in [4.78, 5) is 22.4. The van der Waals surface area contributed by atoms with Gasteiger partial charge in [0.15, 0.2) is 0 Å². The zero-order chi connectivity index (χ0) is 26.2. The van der Waals surface area contributed by atoms with E-state index >= 15 is 0 Å². The van der Waals surface area contributed by atoms with Crippen LogP contribution in [0.2, 0.25) is 0 Å². The smallest absolute Gasteiger partial charge is 0.240 e. The summed E-state index contributed by atoms with van der Waals surface area (Å²) in [6, 6.07) is 13.0. The zero-order valence-corrected chi connectivity index (χ0v) is 20.7. The highest BCUT2D eigenvalue weighted by Gasteiger charge is 2.15. The predicted molar refractivity (Wildman–Crippen MR) is 140 cm³/mol. The second-order valence-corrected chi connectivity index (χ2v) is 8.84. The van der Waals surface area contributed by atoms with Crippen molar-refractivity contribution in [1.29, 1.82) is 0 Å². The molecule has 0 radical (unpaired) electrons. The van der Waals surface area contributed by atoms with Gasteiger partial charge in [0.05, 0.1) is 5.69 Å². The first kappa shape index (κ1) is 26.4. The van der Waals surface area contributed by atoms with Crippen molar-refractivity contribution >= 4 is 17.5 Å². The summed E-state index contributed by atoms with van der Waals surface area (Å²) in [5, 5.41) is 0. The van der Waals surface area contributed by atoms with Gasteiger partial charge in [-0.2, -0.15) is 4.99 Å². The van der Waals surface area contributed by atoms with E-state index in [1.807, 2.05) is 39.8 Å². The van der Waals surface area contributed by atoms with E-state index in [0.717, 1.165) is 16.7 Å². The van der Waals surface area contributed by atoms with Crippen molar-refractivity contribution in [2.75, 3.05) is 5.73 Å². The Kier molecular flexibility index (Phi) is 8.76. The van der Waals surface area contributed by atoms with Crippen molar-refractivity contribution in [2.24, 2.45) is 4.99 Å². The molecule has 2 N–H and O–H groups in total. The van der Waals surface area contributed by atoms with E-state index in [0.29, 0.717) is 28.1 Å². The lowest BCUT2D eigenvalue weighted by Gasteiger charge is -2.14. The van der Waals surface area contributed by atoms with Crippen LogP contribution >= 0.6 is 0 Å². The molecule has 2 aromatic carbocycles. The molecule has 0 atom stereocenters. The highest BCUT2D eigenvalue weighted by Crippen LogP contribution is 2.37. The molecule has 0 saturated carbocycles. The van der Waals surface area contributed by atoms with Gasteiger partial charge in [0.1, 0.15) is 11.6 Å². The van der Waals surface area contributed by atoms with Gasteiger partial charge < -0.3 is 5.73 Å². The van der Waals surface area contributed by atoms with E-state index in [2.05, 4.69) is 15.0 Å². The number of rotatable bonds is 5. The predicted octanol–water partition coefficient (Wildman–Crippen LogP) is 7.57. The average Bonchev–Trinajstić information content (AvgIpc) is 2.87. The summed E-state index contributed by atoms with van der Waals surface area (Å²) in [6.45, 7) is 7.84. The van der Waals surface area contributed by atoms with Crippen molar-refractivity contribution in [2.45, 2.75) is 39.5 Å². The highest BCUT2D eigenvalue weighted by atomic mass is 19.1. The normalized spacial score (nSPS) is 10.6. The van der Waals surface area contributed by atoms with Gasteiger partial charge in [-0.15, -0.1) is 0 Å². The molecule has 0 aliphatic heterocycles. The molecular formula is C29H28F2N4O. The quantitative estimate of drug-likeness (QED) is 0.179. The molecule has 0 spiro atoms.